The Balaban J connectivity index is 2.43. The maximum absolute atomic E-state index is 8.77. The van der Waals surface area contributed by atoms with Crippen LogP contribution in [-0.4, -0.2) is 25.2 Å². The molecule has 2 rings (SSSR count). The fraction of sp³-hybridized carbons (Fsp3) is 0.444. The van der Waals surface area contributed by atoms with E-state index in [2.05, 4.69) is 34.4 Å². The second kappa shape index (κ2) is 3.98. The van der Waals surface area contributed by atoms with Gasteiger partial charge in [-0.25, -0.2) is 0 Å². The lowest BCUT2D eigenvalue weighted by Gasteiger charge is -1.95. The van der Waals surface area contributed by atoms with Crippen LogP contribution in [0, 0.1) is 18.3 Å². The molecule has 0 N–H and O–H groups in total. The zero-order valence-corrected chi connectivity index (χ0v) is 9.99. The summed E-state index contributed by atoms with van der Waals surface area (Å²) in [6.07, 6.45) is 0. The highest BCUT2D eigenvalue weighted by Gasteiger charge is 2.14. The van der Waals surface area contributed by atoms with Crippen molar-refractivity contribution in [2.24, 2.45) is 0 Å². The summed E-state index contributed by atoms with van der Waals surface area (Å²) in [6, 6.07) is 1.98. The van der Waals surface area contributed by atoms with Crippen molar-refractivity contribution in [1.29, 1.82) is 5.26 Å². The van der Waals surface area contributed by atoms with Gasteiger partial charge in [-0.2, -0.15) is 9.94 Å². The molecule has 0 spiro atoms. The first-order valence-electron chi connectivity index (χ1n) is 4.79. The van der Waals surface area contributed by atoms with Gasteiger partial charge in [-0.3, -0.25) is 0 Å². The average Bonchev–Trinajstić information content (AvgIpc) is 2.83. The molecule has 2 heterocycles. The van der Waals surface area contributed by atoms with Crippen molar-refractivity contribution in [3.63, 3.8) is 0 Å². The fourth-order valence-corrected chi connectivity index (χ4v) is 2.01. The van der Waals surface area contributed by atoms with Gasteiger partial charge in [0.2, 0.25) is 5.13 Å². The molecule has 7 heteroatoms. The summed E-state index contributed by atoms with van der Waals surface area (Å²) in [4.78, 5) is 0. The Kier molecular flexibility index (Phi) is 2.66. The summed E-state index contributed by atoms with van der Waals surface area (Å²) >= 11 is 1.46. The lowest BCUT2D eigenvalue weighted by molar-refractivity contribution is 0.759. The summed E-state index contributed by atoms with van der Waals surface area (Å²) in [5.74, 6) is 0.338. The van der Waals surface area contributed by atoms with Crippen LogP contribution in [0.1, 0.15) is 36.2 Å². The second-order valence-electron chi connectivity index (χ2n) is 3.62. The Morgan fingerprint density at radius 1 is 1.31 bits per heavy atom. The number of nitrogens with zero attached hydrogens (tertiary/aromatic N) is 6. The van der Waals surface area contributed by atoms with Crippen LogP contribution in [0.5, 0.6) is 0 Å². The molecule has 0 aromatic carbocycles. The normalized spacial score (nSPS) is 10.7. The molecule has 0 fully saturated rings. The molecule has 0 radical (unpaired) electrons. The Bertz CT molecular complexity index is 547. The number of rotatable bonds is 2. The van der Waals surface area contributed by atoms with E-state index < -0.39 is 0 Å². The molecule has 0 unspecified atom stereocenters. The largest absolute Gasteiger partial charge is 0.234 e. The molecule has 0 atom stereocenters. The fourth-order valence-electron chi connectivity index (χ4n) is 1.16. The Morgan fingerprint density at radius 3 is 2.56 bits per heavy atom. The third-order valence-electron chi connectivity index (χ3n) is 2.11. The van der Waals surface area contributed by atoms with Crippen LogP contribution in [0.15, 0.2) is 0 Å². The van der Waals surface area contributed by atoms with Crippen molar-refractivity contribution in [3.05, 3.63) is 16.4 Å². The Morgan fingerprint density at radius 2 is 2.06 bits per heavy atom. The molecule has 2 aromatic heterocycles. The van der Waals surface area contributed by atoms with Crippen molar-refractivity contribution < 1.29 is 0 Å². The van der Waals surface area contributed by atoms with Gasteiger partial charge in [-0.05, 0) is 6.92 Å². The highest BCUT2D eigenvalue weighted by Crippen LogP contribution is 2.22. The van der Waals surface area contributed by atoms with Crippen LogP contribution >= 0.6 is 11.3 Å². The topological polar surface area (TPSA) is 80.3 Å². The van der Waals surface area contributed by atoms with Gasteiger partial charge >= 0.3 is 0 Å². The standard InChI is InChI=1S/C9H10N6S/c1-5(2)8-12-13-9(16-8)15-6(3)7(4-10)11-14-15/h5H,1-3H3. The van der Waals surface area contributed by atoms with E-state index in [0.717, 1.165) is 5.01 Å². The third-order valence-corrected chi connectivity index (χ3v) is 3.30. The van der Waals surface area contributed by atoms with Gasteiger partial charge in [-0.1, -0.05) is 30.4 Å². The van der Waals surface area contributed by atoms with E-state index in [1.807, 2.05) is 6.07 Å². The highest BCUT2D eigenvalue weighted by atomic mass is 32.1. The van der Waals surface area contributed by atoms with Gasteiger partial charge in [0.1, 0.15) is 11.1 Å². The minimum absolute atomic E-state index is 0.321. The first-order chi connectivity index (χ1) is 7.63. The van der Waals surface area contributed by atoms with Crippen LogP contribution in [0.4, 0.5) is 0 Å². The number of hydrogen-bond donors (Lipinski definition) is 0. The predicted octanol–water partition coefficient (Wildman–Crippen LogP) is 1.42. The predicted molar refractivity (Wildman–Crippen MR) is 58.4 cm³/mol. The maximum Gasteiger partial charge on any atom is 0.234 e. The molecule has 0 aliphatic rings. The Hall–Kier alpha value is -1.81. The van der Waals surface area contributed by atoms with Crippen molar-refractivity contribution in [1.82, 2.24) is 25.2 Å². The molecule has 82 valence electrons. The van der Waals surface area contributed by atoms with Crippen LogP contribution in [0.25, 0.3) is 5.13 Å². The minimum Gasteiger partial charge on any atom is -0.191 e. The van der Waals surface area contributed by atoms with Gasteiger partial charge < -0.3 is 0 Å². The molecule has 16 heavy (non-hydrogen) atoms. The lowest BCUT2D eigenvalue weighted by atomic mass is 10.2. The molecular weight excluding hydrogens is 224 g/mol. The van der Waals surface area contributed by atoms with Gasteiger partial charge in [0.25, 0.3) is 0 Å². The quantitative estimate of drug-likeness (QED) is 0.785. The van der Waals surface area contributed by atoms with E-state index in [0.29, 0.717) is 22.4 Å². The minimum atomic E-state index is 0.321. The SMILES string of the molecule is Cc1c(C#N)nnn1-c1nnc(C(C)C)s1. The molecular formula is C9H10N6S. The van der Waals surface area contributed by atoms with Crippen LogP contribution in [0.3, 0.4) is 0 Å². The molecule has 0 saturated carbocycles. The first-order valence-corrected chi connectivity index (χ1v) is 5.61. The lowest BCUT2D eigenvalue weighted by Crippen LogP contribution is -1.98. The van der Waals surface area contributed by atoms with E-state index in [1.165, 1.54) is 11.3 Å². The monoisotopic (exact) mass is 234 g/mol. The highest BCUT2D eigenvalue weighted by molar-refractivity contribution is 7.13. The van der Waals surface area contributed by atoms with E-state index in [9.17, 15) is 0 Å². The van der Waals surface area contributed by atoms with E-state index in [4.69, 9.17) is 5.26 Å². The van der Waals surface area contributed by atoms with Gasteiger partial charge in [-0.15, -0.1) is 15.3 Å². The van der Waals surface area contributed by atoms with Crippen molar-refractivity contribution in [2.75, 3.05) is 0 Å². The zero-order chi connectivity index (χ0) is 11.7. The Labute approximate surface area is 96.5 Å². The van der Waals surface area contributed by atoms with Gasteiger partial charge in [0.15, 0.2) is 5.69 Å². The molecule has 0 aliphatic carbocycles. The zero-order valence-electron chi connectivity index (χ0n) is 9.17. The smallest absolute Gasteiger partial charge is 0.191 e. The van der Waals surface area contributed by atoms with Gasteiger partial charge in [0, 0.05) is 5.92 Å². The second-order valence-corrected chi connectivity index (χ2v) is 4.61. The van der Waals surface area contributed by atoms with Crippen molar-refractivity contribution in [2.45, 2.75) is 26.7 Å². The maximum atomic E-state index is 8.77. The average molecular weight is 234 g/mol. The van der Waals surface area contributed by atoms with Crippen molar-refractivity contribution >= 4 is 11.3 Å². The third kappa shape index (κ3) is 1.67. The van der Waals surface area contributed by atoms with E-state index in [1.54, 1.807) is 11.6 Å². The van der Waals surface area contributed by atoms with Crippen LogP contribution < -0.4 is 0 Å². The van der Waals surface area contributed by atoms with Gasteiger partial charge in [0.05, 0.1) is 5.69 Å². The number of hydrogen-bond acceptors (Lipinski definition) is 6. The summed E-state index contributed by atoms with van der Waals surface area (Å²) < 4.78 is 1.54. The van der Waals surface area contributed by atoms with E-state index in [-0.39, 0.29) is 0 Å². The van der Waals surface area contributed by atoms with Crippen LogP contribution in [0.2, 0.25) is 0 Å². The molecule has 6 nitrogen and oxygen atoms in total. The van der Waals surface area contributed by atoms with E-state index >= 15 is 0 Å². The molecule has 0 bridgehead atoms. The molecule has 0 amide bonds. The summed E-state index contributed by atoms with van der Waals surface area (Å²) in [7, 11) is 0. The molecule has 2 aromatic rings. The number of nitriles is 1. The van der Waals surface area contributed by atoms with Crippen molar-refractivity contribution in [3.8, 4) is 11.2 Å². The summed E-state index contributed by atoms with van der Waals surface area (Å²) in [5, 5.41) is 26.1. The first kappa shape index (κ1) is 10.7. The molecule has 0 saturated heterocycles. The molecule has 0 aliphatic heterocycles. The summed E-state index contributed by atoms with van der Waals surface area (Å²) in [5.41, 5.74) is 1.01. The van der Waals surface area contributed by atoms with Crippen LogP contribution in [-0.2, 0) is 0 Å². The number of aromatic nitrogens is 5. The summed E-state index contributed by atoms with van der Waals surface area (Å²) in [6.45, 7) is 5.90.